The molecule has 174 valence electrons. The molecule has 1 N–H and O–H groups in total. The maximum Gasteiger partial charge on any atom is 0.267 e. The molecule has 1 atom stereocenters. The van der Waals surface area contributed by atoms with E-state index in [1.807, 2.05) is 19.1 Å². The molecule has 0 bridgehead atoms. The van der Waals surface area contributed by atoms with Crippen molar-refractivity contribution >= 4 is 23.4 Å². The highest BCUT2D eigenvalue weighted by Crippen LogP contribution is 2.22. The molecule has 1 amide bonds. The van der Waals surface area contributed by atoms with Crippen LogP contribution in [0.15, 0.2) is 28.7 Å². The van der Waals surface area contributed by atoms with Gasteiger partial charge in [0.15, 0.2) is 0 Å². The fourth-order valence-electron chi connectivity index (χ4n) is 4.34. The van der Waals surface area contributed by atoms with Crippen molar-refractivity contribution in [3.8, 4) is 6.07 Å². The number of piperazine rings is 1. The van der Waals surface area contributed by atoms with E-state index in [0.717, 1.165) is 51.1 Å². The Kier molecular flexibility index (Phi) is 7.06. The zero-order valence-electron chi connectivity index (χ0n) is 19.2. The number of rotatable bonds is 6. The van der Waals surface area contributed by atoms with Crippen molar-refractivity contribution in [2.75, 3.05) is 50.8 Å². The lowest BCUT2D eigenvalue weighted by molar-refractivity contribution is -0.117. The third kappa shape index (κ3) is 4.92. The van der Waals surface area contributed by atoms with Crippen LogP contribution in [0.5, 0.6) is 0 Å². The molecule has 0 aliphatic carbocycles. The van der Waals surface area contributed by atoms with Gasteiger partial charge in [0, 0.05) is 45.5 Å². The standard InChI is InChI=1S/C24H30N6O3/c1-3-28-9-11-29(12-10-28)22-20(24(32)30-8-4-6-17(2)21(30)27-22)14-18(15-25)23(31)26-16-19-7-5-13-33-19/h4,6,8,14,19H,3,5,7,9-13,16H2,1-2H3,(H,26,31). The van der Waals surface area contributed by atoms with Gasteiger partial charge < -0.3 is 19.9 Å². The number of fused-ring (bicyclic) bond motifs is 1. The highest BCUT2D eigenvalue weighted by molar-refractivity contribution is 6.02. The molecule has 0 spiro atoms. The molecule has 2 aliphatic heterocycles. The molecule has 33 heavy (non-hydrogen) atoms. The zero-order valence-corrected chi connectivity index (χ0v) is 19.2. The fraction of sp³-hybridized carbons (Fsp3) is 0.500. The van der Waals surface area contributed by atoms with E-state index in [9.17, 15) is 14.9 Å². The summed E-state index contributed by atoms with van der Waals surface area (Å²) in [6.07, 6.45) is 4.87. The maximum atomic E-state index is 13.5. The number of amides is 1. The van der Waals surface area contributed by atoms with E-state index in [-0.39, 0.29) is 22.8 Å². The largest absolute Gasteiger partial charge is 0.376 e. The summed E-state index contributed by atoms with van der Waals surface area (Å²) in [5.74, 6) is 0.00761. The summed E-state index contributed by atoms with van der Waals surface area (Å²) in [4.78, 5) is 35.5. The van der Waals surface area contributed by atoms with Gasteiger partial charge in [-0.2, -0.15) is 5.26 Å². The van der Waals surface area contributed by atoms with E-state index in [0.29, 0.717) is 24.6 Å². The topological polar surface area (TPSA) is 103 Å². The van der Waals surface area contributed by atoms with E-state index in [1.54, 1.807) is 12.3 Å². The average molecular weight is 451 g/mol. The molecule has 2 aliphatic rings. The van der Waals surface area contributed by atoms with Crippen molar-refractivity contribution in [1.29, 1.82) is 5.26 Å². The van der Waals surface area contributed by atoms with Crippen molar-refractivity contribution in [2.45, 2.75) is 32.8 Å². The first kappa shape index (κ1) is 23.0. The predicted molar refractivity (Wildman–Crippen MR) is 126 cm³/mol. The Morgan fingerprint density at radius 3 is 2.82 bits per heavy atom. The predicted octanol–water partition coefficient (Wildman–Crippen LogP) is 1.35. The second-order valence-electron chi connectivity index (χ2n) is 8.48. The van der Waals surface area contributed by atoms with Gasteiger partial charge >= 0.3 is 0 Å². The van der Waals surface area contributed by atoms with Gasteiger partial charge in [0.2, 0.25) is 0 Å². The van der Waals surface area contributed by atoms with Crippen LogP contribution >= 0.6 is 0 Å². The number of hydrogen-bond acceptors (Lipinski definition) is 7. The van der Waals surface area contributed by atoms with Gasteiger partial charge in [-0.1, -0.05) is 13.0 Å². The SMILES string of the molecule is CCN1CCN(c2nc3c(C)cccn3c(=O)c2C=C(C#N)C(=O)NCC2CCCO2)CC1. The summed E-state index contributed by atoms with van der Waals surface area (Å²) < 4.78 is 7.02. The van der Waals surface area contributed by atoms with Crippen molar-refractivity contribution in [1.82, 2.24) is 19.6 Å². The molecule has 0 saturated carbocycles. The van der Waals surface area contributed by atoms with Gasteiger partial charge in [-0.15, -0.1) is 0 Å². The molecular formula is C24H30N6O3. The summed E-state index contributed by atoms with van der Waals surface area (Å²) in [5, 5.41) is 12.5. The number of nitrogens with one attached hydrogen (secondary N) is 1. The summed E-state index contributed by atoms with van der Waals surface area (Å²) in [5.41, 5.74) is 1.30. The van der Waals surface area contributed by atoms with Crippen LogP contribution in [0.3, 0.4) is 0 Å². The molecular weight excluding hydrogens is 420 g/mol. The number of hydrogen-bond donors (Lipinski definition) is 1. The number of likely N-dealkylation sites (N-methyl/N-ethyl adjacent to an activating group) is 1. The number of ether oxygens (including phenoxy) is 1. The molecule has 2 aromatic rings. The normalized spacial score (nSPS) is 19.6. The molecule has 2 saturated heterocycles. The smallest absolute Gasteiger partial charge is 0.267 e. The van der Waals surface area contributed by atoms with Crippen LogP contribution in [-0.4, -0.2) is 72.2 Å². The molecule has 9 nitrogen and oxygen atoms in total. The van der Waals surface area contributed by atoms with Gasteiger partial charge in [-0.25, -0.2) is 4.98 Å². The first-order valence-corrected chi connectivity index (χ1v) is 11.5. The van der Waals surface area contributed by atoms with Crippen LogP contribution in [0.2, 0.25) is 0 Å². The second kappa shape index (κ2) is 10.1. The number of aromatic nitrogens is 2. The second-order valence-corrected chi connectivity index (χ2v) is 8.48. The molecule has 0 radical (unpaired) electrons. The minimum atomic E-state index is -0.511. The first-order valence-electron chi connectivity index (χ1n) is 11.5. The third-order valence-corrected chi connectivity index (χ3v) is 6.35. The minimum absolute atomic E-state index is 0.0322. The Bertz CT molecular complexity index is 1150. The summed E-state index contributed by atoms with van der Waals surface area (Å²) in [6, 6.07) is 5.67. The number of nitriles is 1. The van der Waals surface area contributed by atoms with Crippen molar-refractivity contribution < 1.29 is 9.53 Å². The molecule has 1 unspecified atom stereocenters. The van der Waals surface area contributed by atoms with E-state index in [1.165, 1.54) is 10.5 Å². The molecule has 2 aromatic heterocycles. The van der Waals surface area contributed by atoms with Crippen LogP contribution in [0.1, 0.15) is 30.9 Å². The first-order chi connectivity index (χ1) is 16.0. The molecule has 0 aromatic carbocycles. The number of carbonyl (C=O) groups is 1. The van der Waals surface area contributed by atoms with Gasteiger partial charge in [-0.05, 0) is 44.0 Å². The maximum absolute atomic E-state index is 13.5. The van der Waals surface area contributed by atoms with Crippen molar-refractivity contribution in [3.63, 3.8) is 0 Å². The number of pyridine rings is 1. The van der Waals surface area contributed by atoms with E-state index in [4.69, 9.17) is 9.72 Å². The monoisotopic (exact) mass is 450 g/mol. The minimum Gasteiger partial charge on any atom is -0.376 e. The van der Waals surface area contributed by atoms with Crippen LogP contribution < -0.4 is 15.8 Å². The van der Waals surface area contributed by atoms with Crippen molar-refractivity contribution in [2.24, 2.45) is 0 Å². The lowest BCUT2D eigenvalue weighted by Crippen LogP contribution is -2.47. The Morgan fingerprint density at radius 1 is 1.36 bits per heavy atom. The van der Waals surface area contributed by atoms with Crippen LogP contribution in [0.25, 0.3) is 11.7 Å². The molecule has 2 fully saturated rings. The van der Waals surface area contributed by atoms with Crippen LogP contribution in [0.4, 0.5) is 5.82 Å². The summed E-state index contributed by atoms with van der Waals surface area (Å²) in [7, 11) is 0. The number of anilines is 1. The molecule has 4 heterocycles. The summed E-state index contributed by atoms with van der Waals surface area (Å²) in [6.45, 7) is 9.21. The van der Waals surface area contributed by atoms with E-state index < -0.39 is 5.91 Å². The van der Waals surface area contributed by atoms with Crippen molar-refractivity contribution in [3.05, 3.63) is 45.4 Å². The van der Waals surface area contributed by atoms with Gasteiger partial charge in [-0.3, -0.25) is 14.0 Å². The molecule has 4 rings (SSSR count). The Hall–Kier alpha value is -3.22. The Balaban J connectivity index is 1.72. The third-order valence-electron chi connectivity index (χ3n) is 6.35. The highest BCUT2D eigenvalue weighted by atomic mass is 16.5. The van der Waals surface area contributed by atoms with E-state index in [2.05, 4.69) is 22.0 Å². The lowest BCUT2D eigenvalue weighted by Gasteiger charge is -2.35. The Labute approximate surface area is 193 Å². The number of carbonyl (C=O) groups excluding carboxylic acids is 1. The van der Waals surface area contributed by atoms with E-state index >= 15 is 0 Å². The van der Waals surface area contributed by atoms with Gasteiger partial charge in [0.1, 0.15) is 23.1 Å². The number of nitrogens with zero attached hydrogens (tertiary/aromatic N) is 5. The Morgan fingerprint density at radius 2 is 2.15 bits per heavy atom. The summed E-state index contributed by atoms with van der Waals surface area (Å²) >= 11 is 0. The zero-order chi connectivity index (χ0) is 23.4. The van der Waals surface area contributed by atoms with Gasteiger partial charge in [0.25, 0.3) is 11.5 Å². The lowest BCUT2D eigenvalue weighted by atomic mass is 10.1. The van der Waals surface area contributed by atoms with Crippen LogP contribution in [-0.2, 0) is 9.53 Å². The van der Waals surface area contributed by atoms with Crippen LogP contribution in [0, 0.1) is 18.3 Å². The average Bonchev–Trinajstić information content (AvgIpc) is 3.36. The number of aryl methyl sites for hydroxylation is 1. The fourth-order valence-corrected chi connectivity index (χ4v) is 4.34. The van der Waals surface area contributed by atoms with Gasteiger partial charge in [0.05, 0.1) is 11.7 Å². The highest BCUT2D eigenvalue weighted by Gasteiger charge is 2.24. The molecule has 9 heteroatoms. The quantitative estimate of drug-likeness (QED) is 0.523.